The second-order valence-corrected chi connectivity index (χ2v) is 3.95. The summed E-state index contributed by atoms with van der Waals surface area (Å²) in [7, 11) is 0. The molecule has 88 valence electrons. The molecule has 0 aromatic carbocycles. The summed E-state index contributed by atoms with van der Waals surface area (Å²) in [5.74, 6) is -1.09. The van der Waals surface area contributed by atoms with Crippen LogP contribution in [0.4, 0.5) is 0 Å². The van der Waals surface area contributed by atoms with E-state index in [-0.39, 0.29) is 5.13 Å². The van der Waals surface area contributed by atoms with Gasteiger partial charge in [0.1, 0.15) is 0 Å². The fourth-order valence-electron chi connectivity index (χ4n) is 1.10. The van der Waals surface area contributed by atoms with Gasteiger partial charge in [0.05, 0.1) is 0 Å². The van der Waals surface area contributed by atoms with Crippen LogP contribution in [0.1, 0.15) is 4.88 Å². The van der Waals surface area contributed by atoms with Crippen LogP contribution in [0, 0.1) is 0 Å². The van der Waals surface area contributed by atoms with Crippen LogP contribution in [0.2, 0.25) is 0 Å². The van der Waals surface area contributed by atoms with Crippen molar-refractivity contribution in [2.45, 2.75) is 0 Å². The van der Waals surface area contributed by atoms with E-state index >= 15 is 0 Å². The minimum atomic E-state index is -1.09. The Hall–Kier alpha value is -2.42. The summed E-state index contributed by atoms with van der Waals surface area (Å²) in [5.41, 5.74) is -1.25. The van der Waals surface area contributed by atoms with Gasteiger partial charge in [-0.15, -0.1) is 0 Å². The van der Waals surface area contributed by atoms with Gasteiger partial charge in [-0.2, -0.15) is 4.57 Å². The average Bonchev–Trinajstić information content (AvgIpc) is 2.83. The third-order valence-electron chi connectivity index (χ3n) is 1.78. The van der Waals surface area contributed by atoms with Crippen LogP contribution >= 0.6 is 11.3 Å². The van der Waals surface area contributed by atoms with Gasteiger partial charge in [0.15, 0.2) is 0 Å². The minimum Gasteiger partial charge on any atom is -0.478 e. The first kappa shape index (κ1) is 11.1. The Bertz CT molecular complexity index is 661. The van der Waals surface area contributed by atoms with Crippen molar-refractivity contribution in [3.8, 4) is 5.13 Å². The number of H-pyrrole nitrogens is 2. The van der Waals surface area contributed by atoms with Crippen LogP contribution in [0.25, 0.3) is 11.2 Å². The maximum atomic E-state index is 11.2. The first-order chi connectivity index (χ1) is 8.08. The molecule has 17 heavy (non-hydrogen) atoms. The molecule has 0 fully saturated rings. The summed E-state index contributed by atoms with van der Waals surface area (Å²) in [5, 5.41) is 12.8. The highest BCUT2D eigenvalue weighted by Crippen LogP contribution is 2.15. The summed E-state index contributed by atoms with van der Waals surface area (Å²) >= 11 is 1.02. The van der Waals surface area contributed by atoms with Crippen molar-refractivity contribution in [1.82, 2.24) is 19.7 Å². The van der Waals surface area contributed by atoms with Crippen molar-refractivity contribution in [3.05, 3.63) is 38.1 Å². The second-order valence-electron chi connectivity index (χ2n) is 2.91. The standard InChI is InChI=1S/C8H6N4O4S/c13-5(14)2-1-4-3-9-8(17-4)12-6(15)10-11-7(12)16/h1-3H,(H,10,15)(H,11,16)(H,13,14)/b2-1+. The molecule has 0 radical (unpaired) electrons. The predicted octanol–water partition coefficient (Wildman–Crippen LogP) is -0.592. The van der Waals surface area contributed by atoms with Gasteiger partial charge in [-0.25, -0.2) is 29.6 Å². The molecule has 0 aliphatic rings. The molecule has 0 saturated carbocycles. The highest BCUT2D eigenvalue weighted by molar-refractivity contribution is 7.14. The Balaban J connectivity index is 2.40. The lowest BCUT2D eigenvalue weighted by atomic mass is 10.4. The van der Waals surface area contributed by atoms with Gasteiger partial charge in [0.2, 0.25) is 5.13 Å². The van der Waals surface area contributed by atoms with Crippen molar-refractivity contribution in [1.29, 1.82) is 0 Å². The third kappa shape index (κ3) is 2.23. The number of rotatable bonds is 3. The van der Waals surface area contributed by atoms with Crippen molar-refractivity contribution in [3.63, 3.8) is 0 Å². The normalized spacial score (nSPS) is 11.1. The number of nitrogens with zero attached hydrogens (tertiary/aromatic N) is 2. The molecule has 2 rings (SSSR count). The first-order valence-corrected chi connectivity index (χ1v) is 5.16. The Morgan fingerprint density at radius 1 is 1.41 bits per heavy atom. The fourth-order valence-corrected chi connectivity index (χ4v) is 1.91. The first-order valence-electron chi connectivity index (χ1n) is 4.35. The zero-order chi connectivity index (χ0) is 12.4. The zero-order valence-corrected chi connectivity index (χ0v) is 9.02. The van der Waals surface area contributed by atoms with Crippen LogP contribution in [0.5, 0.6) is 0 Å². The molecule has 0 bridgehead atoms. The zero-order valence-electron chi connectivity index (χ0n) is 8.21. The highest BCUT2D eigenvalue weighted by atomic mass is 32.1. The van der Waals surface area contributed by atoms with Crippen molar-refractivity contribution < 1.29 is 9.90 Å². The molecule has 0 saturated heterocycles. The molecule has 0 aliphatic heterocycles. The molecule has 8 nitrogen and oxygen atoms in total. The van der Waals surface area contributed by atoms with E-state index in [0.717, 1.165) is 22.0 Å². The number of aromatic amines is 2. The number of nitrogens with one attached hydrogen (secondary N) is 2. The Morgan fingerprint density at radius 2 is 2.06 bits per heavy atom. The summed E-state index contributed by atoms with van der Waals surface area (Å²) in [6.07, 6.45) is 3.65. The second kappa shape index (κ2) is 4.22. The van der Waals surface area contributed by atoms with E-state index in [2.05, 4.69) is 15.2 Å². The lowest BCUT2D eigenvalue weighted by Gasteiger charge is -1.88. The van der Waals surface area contributed by atoms with Crippen molar-refractivity contribution in [2.75, 3.05) is 0 Å². The Labute approximate surface area is 96.9 Å². The Morgan fingerprint density at radius 3 is 2.65 bits per heavy atom. The number of hydrogen-bond acceptors (Lipinski definition) is 5. The quantitative estimate of drug-likeness (QED) is 0.632. The molecule has 0 spiro atoms. The van der Waals surface area contributed by atoms with Crippen molar-refractivity contribution >= 4 is 23.4 Å². The molecular formula is C8H6N4O4S. The SMILES string of the molecule is O=C(O)/C=C/c1cnc(-n2c(=O)[nH][nH]c2=O)s1. The molecule has 2 aromatic heterocycles. The van der Waals surface area contributed by atoms with E-state index < -0.39 is 17.3 Å². The molecule has 3 N–H and O–H groups in total. The van der Waals surface area contributed by atoms with E-state index in [9.17, 15) is 14.4 Å². The predicted molar refractivity (Wildman–Crippen MR) is 59.4 cm³/mol. The summed E-state index contributed by atoms with van der Waals surface area (Å²) in [6, 6.07) is 0. The maximum Gasteiger partial charge on any atom is 0.350 e. The fraction of sp³-hybridized carbons (Fsp3) is 0. The number of aromatic nitrogens is 4. The number of hydrogen-bond donors (Lipinski definition) is 3. The number of carbonyl (C=O) groups is 1. The number of carboxylic acids is 1. The van der Waals surface area contributed by atoms with Crippen LogP contribution in [-0.2, 0) is 4.79 Å². The van der Waals surface area contributed by atoms with Crippen LogP contribution in [0.3, 0.4) is 0 Å². The maximum absolute atomic E-state index is 11.2. The molecular weight excluding hydrogens is 248 g/mol. The largest absolute Gasteiger partial charge is 0.478 e. The van der Waals surface area contributed by atoms with Crippen molar-refractivity contribution in [2.24, 2.45) is 0 Å². The van der Waals surface area contributed by atoms with Gasteiger partial charge in [-0.1, -0.05) is 11.3 Å². The van der Waals surface area contributed by atoms with Gasteiger partial charge in [-0.05, 0) is 6.08 Å². The average molecular weight is 254 g/mol. The van der Waals surface area contributed by atoms with Gasteiger partial charge < -0.3 is 5.11 Å². The van der Waals surface area contributed by atoms with Crippen LogP contribution < -0.4 is 11.4 Å². The number of carboxylic acid groups (broad SMARTS) is 1. The summed E-state index contributed by atoms with van der Waals surface area (Å²) in [4.78, 5) is 37.2. The van der Waals surface area contributed by atoms with E-state index in [1.165, 1.54) is 12.3 Å². The molecule has 0 aliphatic carbocycles. The number of aliphatic carboxylic acids is 1. The molecule has 0 atom stereocenters. The lowest BCUT2D eigenvalue weighted by Crippen LogP contribution is -2.24. The molecule has 0 amide bonds. The molecule has 2 heterocycles. The van der Waals surface area contributed by atoms with E-state index in [1.54, 1.807) is 0 Å². The molecule has 0 unspecified atom stereocenters. The van der Waals surface area contributed by atoms with Crippen LogP contribution in [-0.4, -0.2) is 30.8 Å². The summed E-state index contributed by atoms with van der Waals surface area (Å²) < 4.78 is 0.822. The van der Waals surface area contributed by atoms with E-state index in [0.29, 0.717) is 4.88 Å². The molecule has 2 aromatic rings. The lowest BCUT2D eigenvalue weighted by molar-refractivity contribution is -0.131. The van der Waals surface area contributed by atoms with Crippen LogP contribution in [0.15, 0.2) is 21.9 Å². The van der Waals surface area contributed by atoms with E-state index in [1.807, 2.05) is 0 Å². The van der Waals surface area contributed by atoms with Gasteiger partial charge in [0.25, 0.3) is 0 Å². The number of thiazole rings is 1. The Kier molecular flexibility index (Phi) is 2.75. The van der Waals surface area contributed by atoms with E-state index in [4.69, 9.17) is 5.11 Å². The van der Waals surface area contributed by atoms with Gasteiger partial charge in [-0.3, -0.25) is 0 Å². The minimum absolute atomic E-state index is 0.169. The smallest absolute Gasteiger partial charge is 0.350 e. The van der Waals surface area contributed by atoms with Gasteiger partial charge >= 0.3 is 17.3 Å². The monoisotopic (exact) mass is 254 g/mol. The van der Waals surface area contributed by atoms with Gasteiger partial charge in [0, 0.05) is 17.2 Å². The third-order valence-corrected chi connectivity index (χ3v) is 2.72. The topological polar surface area (TPSA) is 121 Å². The molecule has 9 heteroatoms. The summed E-state index contributed by atoms with van der Waals surface area (Å²) in [6.45, 7) is 0. The highest BCUT2D eigenvalue weighted by Gasteiger charge is 2.09.